The molecule has 0 aromatic carbocycles. The molecule has 2 rings (SSSR count). The monoisotopic (exact) mass is 295 g/mol. The first-order chi connectivity index (χ1) is 10.1. The minimum atomic E-state index is 0.272. The standard InChI is InChI=1S/C17H31NO.C2H6/c1-3-4-5-8-16(19)18-13-14-7-6-10-17(2)11-9-15(17)12-14;1-2/h14-15H,3-13H2,1-2H3,(H,18,19);1-2H3. The molecule has 3 atom stereocenters. The Morgan fingerprint density at radius 2 is 1.95 bits per heavy atom. The lowest BCUT2D eigenvalue weighted by molar-refractivity contribution is -0.121. The van der Waals surface area contributed by atoms with Crippen molar-refractivity contribution in [2.75, 3.05) is 6.54 Å². The zero-order valence-electron chi connectivity index (χ0n) is 14.8. The molecule has 2 nitrogen and oxygen atoms in total. The second-order valence-corrected chi connectivity index (χ2v) is 7.14. The van der Waals surface area contributed by atoms with Crippen molar-refractivity contribution in [1.29, 1.82) is 0 Å². The molecule has 1 N–H and O–H groups in total. The topological polar surface area (TPSA) is 29.1 Å². The van der Waals surface area contributed by atoms with Crippen LogP contribution < -0.4 is 5.32 Å². The predicted octanol–water partition coefficient (Wildman–Crippen LogP) is 5.32. The second kappa shape index (κ2) is 9.48. The Kier molecular flexibility index (Phi) is 8.36. The minimum absolute atomic E-state index is 0.272. The van der Waals surface area contributed by atoms with E-state index in [2.05, 4.69) is 19.2 Å². The molecule has 2 heteroatoms. The fourth-order valence-corrected chi connectivity index (χ4v) is 3.96. The van der Waals surface area contributed by atoms with E-state index in [1.165, 1.54) is 51.4 Å². The molecular weight excluding hydrogens is 258 g/mol. The SMILES string of the molecule is CC.CCCCCC(=O)NCC1CCCC2(C)CCC2C1. The molecule has 2 aliphatic rings. The fourth-order valence-electron chi connectivity index (χ4n) is 3.96. The summed E-state index contributed by atoms with van der Waals surface area (Å²) in [6.07, 6.45) is 12.5. The highest BCUT2D eigenvalue weighted by molar-refractivity contribution is 5.75. The lowest BCUT2D eigenvalue weighted by Gasteiger charge is -2.47. The second-order valence-electron chi connectivity index (χ2n) is 7.14. The Balaban J connectivity index is 0.00000106. The Bertz CT molecular complexity index is 302. The summed E-state index contributed by atoms with van der Waals surface area (Å²) in [7, 11) is 0. The zero-order valence-corrected chi connectivity index (χ0v) is 14.8. The van der Waals surface area contributed by atoms with Crippen LogP contribution in [0.2, 0.25) is 0 Å². The maximum Gasteiger partial charge on any atom is 0.220 e. The molecule has 2 saturated carbocycles. The van der Waals surface area contributed by atoms with Gasteiger partial charge in [-0.25, -0.2) is 0 Å². The van der Waals surface area contributed by atoms with Crippen molar-refractivity contribution in [2.24, 2.45) is 17.3 Å². The van der Waals surface area contributed by atoms with Crippen molar-refractivity contribution in [3.63, 3.8) is 0 Å². The van der Waals surface area contributed by atoms with Crippen molar-refractivity contribution in [3.05, 3.63) is 0 Å². The molecule has 0 heterocycles. The first-order valence-electron chi connectivity index (χ1n) is 9.41. The third-order valence-electron chi connectivity index (χ3n) is 5.62. The van der Waals surface area contributed by atoms with E-state index in [1.807, 2.05) is 13.8 Å². The number of nitrogens with one attached hydrogen (secondary N) is 1. The average Bonchev–Trinajstić information content (AvgIpc) is 2.59. The summed E-state index contributed by atoms with van der Waals surface area (Å²) in [5.41, 5.74) is 0.653. The molecule has 0 radical (unpaired) electrons. The van der Waals surface area contributed by atoms with E-state index >= 15 is 0 Å². The van der Waals surface area contributed by atoms with Crippen LogP contribution in [0, 0.1) is 17.3 Å². The number of fused-ring (bicyclic) bond motifs is 1. The van der Waals surface area contributed by atoms with Gasteiger partial charge >= 0.3 is 0 Å². The Labute approximate surface area is 132 Å². The minimum Gasteiger partial charge on any atom is -0.356 e. The Morgan fingerprint density at radius 3 is 2.57 bits per heavy atom. The normalized spacial score (nSPS) is 31.0. The maximum absolute atomic E-state index is 11.8. The summed E-state index contributed by atoms with van der Waals surface area (Å²) in [6, 6.07) is 0. The van der Waals surface area contributed by atoms with Crippen LogP contribution in [0.1, 0.15) is 91.9 Å². The molecule has 3 unspecified atom stereocenters. The van der Waals surface area contributed by atoms with Crippen molar-refractivity contribution in [3.8, 4) is 0 Å². The molecule has 1 amide bonds. The highest BCUT2D eigenvalue weighted by atomic mass is 16.1. The molecule has 0 aliphatic heterocycles. The highest BCUT2D eigenvalue weighted by Crippen LogP contribution is 2.54. The van der Waals surface area contributed by atoms with Crippen LogP contribution in [0.5, 0.6) is 0 Å². The Hall–Kier alpha value is -0.530. The van der Waals surface area contributed by atoms with Crippen LogP contribution in [-0.4, -0.2) is 12.5 Å². The number of rotatable bonds is 6. The van der Waals surface area contributed by atoms with Crippen molar-refractivity contribution >= 4 is 5.91 Å². The third kappa shape index (κ3) is 5.64. The third-order valence-corrected chi connectivity index (χ3v) is 5.62. The molecule has 2 aliphatic carbocycles. The van der Waals surface area contributed by atoms with Gasteiger partial charge in [0, 0.05) is 13.0 Å². The van der Waals surface area contributed by atoms with Gasteiger partial charge in [0.2, 0.25) is 5.91 Å². The predicted molar refractivity (Wildman–Crippen MR) is 91.3 cm³/mol. The van der Waals surface area contributed by atoms with E-state index in [4.69, 9.17) is 0 Å². The summed E-state index contributed by atoms with van der Waals surface area (Å²) in [6.45, 7) is 9.59. The molecule has 21 heavy (non-hydrogen) atoms. The number of amides is 1. The summed E-state index contributed by atoms with van der Waals surface area (Å²) in [4.78, 5) is 11.8. The van der Waals surface area contributed by atoms with Gasteiger partial charge in [-0.05, 0) is 55.8 Å². The van der Waals surface area contributed by atoms with E-state index in [0.717, 1.165) is 31.2 Å². The van der Waals surface area contributed by atoms with E-state index in [0.29, 0.717) is 5.41 Å². The van der Waals surface area contributed by atoms with Gasteiger partial charge < -0.3 is 5.32 Å². The molecule has 0 aromatic heterocycles. The lowest BCUT2D eigenvalue weighted by Crippen LogP contribution is -2.38. The maximum atomic E-state index is 11.8. The van der Waals surface area contributed by atoms with Crippen LogP contribution in [0.25, 0.3) is 0 Å². The largest absolute Gasteiger partial charge is 0.356 e. The molecule has 0 aromatic rings. The van der Waals surface area contributed by atoms with Gasteiger partial charge in [-0.2, -0.15) is 0 Å². The van der Waals surface area contributed by atoms with Crippen molar-refractivity contribution in [2.45, 2.75) is 91.9 Å². The van der Waals surface area contributed by atoms with Gasteiger partial charge in [-0.1, -0.05) is 47.0 Å². The van der Waals surface area contributed by atoms with Gasteiger partial charge in [0.25, 0.3) is 0 Å². The molecule has 0 saturated heterocycles. The van der Waals surface area contributed by atoms with Crippen LogP contribution in [0.3, 0.4) is 0 Å². The van der Waals surface area contributed by atoms with Gasteiger partial charge in [0.1, 0.15) is 0 Å². The molecule has 0 bridgehead atoms. The number of carbonyl (C=O) groups is 1. The zero-order chi connectivity index (χ0) is 15.7. The summed E-state index contributed by atoms with van der Waals surface area (Å²) < 4.78 is 0. The van der Waals surface area contributed by atoms with Crippen molar-refractivity contribution < 1.29 is 4.79 Å². The first-order valence-corrected chi connectivity index (χ1v) is 9.41. The number of hydrogen-bond acceptors (Lipinski definition) is 1. The van der Waals surface area contributed by atoms with Gasteiger partial charge in [0.15, 0.2) is 0 Å². The van der Waals surface area contributed by atoms with Gasteiger partial charge in [0.05, 0.1) is 0 Å². The summed E-state index contributed by atoms with van der Waals surface area (Å²) in [5, 5.41) is 3.17. The fraction of sp³-hybridized carbons (Fsp3) is 0.947. The van der Waals surface area contributed by atoms with Gasteiger partial charge in [-0.15, -0.1) is 0 Å². The van der Waals surface area contributed by atoms with Crippen LogP contribution >= 0.6 is 0 Å². The summed E-state index contributed by atoms with van der Waals surface area (Å²) >= 11 is 0. The molecular formula is C19H37NO. The Morgan fingerprint density at radius 1 is 1.19 bits per heavy atom. The van der Waals surface area contributed by atoms with E-state index in [-0.39, 0.29) is 5.91 Å². The smallest absolute Gasteiger partial charge is 0.220 e. The molecule has 2 fully saturated rings. The van der Waals surface area contributed by atoms with E-state index in [1.54, 1.807) is 0 Å². The van der Waals surface area contributed by atoms with Crippen LogP contribution in [0.15, 0.2) is 0 Å². The molecule has 0 spiro atoms. The highest BCUT2D eigenvalue weighted by Gasteiger charge is 2.44. The number of unbranched alkanes of at least 4 members (excludes halogenated alkanes) is 2. The lowest BCUT2D eigenvalue weighted by atomic mass is 9.58. The van der Waals surface area contributed by atoms with E-state index < -0.39 is 0 Å². The summed E-state index contributed by atoms with van der Waals surface area (Å²) in [5.74, 6) is 1.95. The van der Waals surface area contributed by atoms with Gasteiger partial charge in [-0.3, -0.25) is 4.79 Å². The van der Waals surface area contributed by atoms with Crippen LogP contribution in [-0.2, 0) is 4.79 Å². The molecule has 124 valence electrons. The number of carbonyl (C=O) groups excluding carboxylic acids is 1. The average molecular weight is 296 g/mol. The quantitative estimate of drug-likeness (QED) is 0.660. The first kappa shape index (κ1) is 18.5. The van der Waals surface area contributed by atoms with Crippen molar-refractivity contribution in [1.82, 2.24) is 5.32 Å². The number of hydrogen-bond donors (Lipinski definition) is 1. The van der Waals surface area contributed by atoms with E-state index in [9.17, 15) is 4.79 Å². The van der Waals surface area contributed by atoms with Crippen LogP contribution in [0.4, 0.5) is 0 Å².